The number of carbonyl (C=O) groups is 2. The number of urea groups is 1. The molecule has 0 radical (unpaired) electrons. The fraction of sp³-hybridized carbons (Fsp3) is 0.857. The summed E-state index contributed by atoms with van der Waals surface area (Å²) < 4.78 is 5.39. The van der Waals surface area contributed by atoms with E-state index in [0.717, 1.165) is 19.3 Å². The van der Waals surface area contributed by atoms with Crippen LogP contribution in [0, 0.1) is 5.41 Å². The van der Waals surface area contributed by atoms with E-state index in [0.29, 0.717) is 32.5 Å². The van der Waals surface area contributed by atoms with Gasteiger partial charge >= 0.3 is 12.0 Å². The molecule has 114 valence electrons. The number of hydrogen-bond acceptors (Lipinski definition) is 3. The van der Waals surface area contributed by atoms with Gasteiger partial charge in [-0.3, -0.25) is 4.79 Å². The second kappa shape index (κ2) is 6.43. The van der Waals surface area contributed by atoms with Gasteiger partial charge in [-0.1, -0.05) is 19.3 Å². The molecular formula is C14H24N2O4. The maximum Gasteiger partial charge on any atom is 0.317 e. The predicted molar refractivity (Wildman–Crippen MR) is 73.5 cm³/mol. The molecule has 6 nitrogen and oxygen atoms in total. The summed E-state index contributed by atoms with van der Waals surface area (Å²) in [6.45, 7) is 3.83. The Bertz CT molecular complexity index is 366. The highest BCUT2D eigenvalue weighted by atomic mass is 16.5. The lowest BCUT2D eigenvalue weighted by Crippen LogP contribution is -2.52. The van der Waals surface area contributed by atoms with E-state index in [9.17, 15) is 14.7 Å². The molecule has 6 heteroatoms. The number of aliphatic carboxylic acids is 1. The Hall–Kier alpha value is -1.30. The number of rotatable bonds is 3. The number of ether oxygens (including phenoxy) is 1. The Morgan fingerprint density at radius 2 is 2.05 bits per heavy atom. The second-order valence-electron chi connectivity index (χ2n) is 5.93. The molecule has 2 fully saturated rings. The van der Waals surface area contributed by atoms with Gasteiger partial charge in [0.1, 0.15) is 0 Å². The van der Waals surface area contributed by atoms with Crippen molar-refractivity contribution >= 4 is 12.0 Å². The molecule has 0 aromatic heterocycles. The minimum absolute atomic E-state index is 0.0395. The van der Waals surface area contributed by atoms with Crippen LogP contribution in [0.1, 0.15) is 39.0 Å². The highest BCUT2D eigenvalue weighted by molar-refractivity contribution is 5.78. The molecule has 1 atom stereocenters. The van der Waals surface area contributed by atoms with Crippen LogP contribution >= 0.6 is 0 Å². The van der Waals surface area contributed by atoms with E-state index in [4.69, 9.17) is 4.74 Å². The summed E-state index contributed by atoms with van der Waals surface area (Å²) >= 11 is 0. The second-order valence-corrected chi connectivity index (χ2v) is 5.93. The number of carbonyl (C=O) groups excluding carboxylic acids is 1. The predicted octanol–water partition coefficient (Wildman–Crippen LogP) is 1.45. The zero-order valence-electron chi connectivity index (χ0n) is 12.1. The van der Waals surface area contributed by atoms with Gasteiger partial charge in [-0.05, 0) is 19.8 Å². The molecule has 0 aromatic carbocycles. The van der Waals surface area contributed by atoms with Crippen LogP contribution in [0.4, 0.5) is 4.79 Å². The summed E-state index contributed by atoms with van der Waals surface area (Å²) in [5.74, 6) is -0.784. The van der Waals surface area contributed by atoms with Crippen molar-refractivity contribution in [1.82, 2.24) is 10.2 Å². The normalized spacial score (nSPS) is 26.1. The Kier molecular flexibility index (Phi) is 4.86. The first-order valence-electron chi connectivity index (χ1n) is 7.41. The third kappa shape index (κ3) is 3.42. The van der Waals surface area contributed by atoms with E-state index in [-0.39, 0.29) is 18.7 Å². The van der Waals surface area contributed by atoms with E-state index >= 15 is 0 Å². The van der Waals surface area contributed by atoms with Gasteiger partial charge in [-0.25, -0.2) is 4.79 Å². The van der Waals surface area contributed by atoms with Crippen molar-refractivity contribution in [2.24, 2.45) is 5.41 Å². The van der Waals surface area contributed by atoms with E-state index < -0.39 is 11.4 Å². The zero-order chi connectivity index (χ0) is 14.6. The van der Waals surface area contributed by atoms with Gasteiger partial charge in [0, 0.05) is 19.6 Å². The van der Waals surface area contributed by atoms with Gasteiger partial charge in [0.05, 0.1) is 18.1 Å². The summed E-state index contributed by atoms with van der Waals surface area (Å²) in [5, 5.41) is 12.3. The summed E-state index contributed by atoms with van der Waals surface area (Å²) in [4.78, 5) is 25.4. The molecule has 1 unspecified atom stereocenters. The average Bonchev–Trinajstić information content (AvgIpc) is 2.45. The fourth-order valence-corrected chi connectivity index (χ4v) is 3.05. The fourth-order valence-electron chi connectivity index (χ4n) is 3.05. The van der Waals surface area contributed by atoms with Crippen molar-refractivity contribution in [3.63, 3.8) is 0 Å². The Labute approximate surface area is 119 Å². The van der Waals surface area contributed by atoms with Gasteiger partial charge in [0.15, 0.2) is 0 Å². The molecule has 20 heavy (non-hydrogen) atoms. The molecular weight excluding hydrogens is 260 g/mol. The summed E-state index contributed by atoms with van der Waals surface area (Å²) in [7, 11) is 0. The molecule has 1 heterocycles. The quantitative estimate of drug-likeness (QED) is 0.822. The highest BCUT2D eigenvalue weighted by Gasteiger charge is 2.40. The summed E-state index contributed by atoms with van der Waals surface area (Å²) in [6, 6.07) is -0.175. The lowest BCUT2D eigenvalue weighted by Gasteiger charge is -2.35. The molecule has 2 aliphatic rings. The first-order chi connectivity index (χ1) is 9.53. The smallest absolute Gasteiger partial charge is 0.317 e. The number of carboxylic acids is 1. The van der Waals surface area contributed by atoms with Crippen LogP contribution in [0.2, 0.25) is 0 Å². The largest absolute Gasteiger partial charge is 0.481 e. The van der Waals surface area contributed by atoms with Gasteiger partial charge in [0.25, 0.3) is 0 Å². The number of morpholine rings is 1. The van der Waals surface area contributed by atoms with E-state index in [1.807, 2.05) is 6.92 Å². The molecule has 1 aliphatic heterocycles. The van der Waals surface area contributed by atoms with Crippen molar-refractivity contribution in [2.45, 2.75) is 45.1 Å². The third-order valence-electron chi connectivity index (χ3n) is 4.37. The minimum atomic E-state index is -0.784. The van der Waals surface area contributed by atoms with Crippen molar-refractivity contribution in [3.8, 4) is 0 Å². The van der Waals surface area contributed by atoms with Crippen LogP contribution in [0.15, 0.2) is 0 Å². The van der Waals surface area contributed by atoms with Crippen LogP contribution < -0.4 is 5.32 Å². The number of hydrogen-bond donors (Lipinski definition) is 2. The zero-order valence-corrected chi connectivity index (χ0v) is 12.1. The Balaban J connectivity index is 1.88. The minimum Gasteiger partial charge on any atom is -0.481 e. The molecule has 0 aromatic rings. The van der Waals surface area contributed by atoms with Crippen molar-refractivity contribution in [2.75, 3.05) is 26.2 Å². The van der Waals surface area contributed by atoms with Gasteiger partial charge < -0.3 is 20.1 Å². The van der Waals surface area contributed by atoms with Crippen LogP contribution in [0.3, 0.4) is 0 Å². The van der Waals surface area contributed by atoms with Crippen LogP contribution in [0.25, 0.3) is 0 Å². The molecule has 2 amide bonds. The van der Waals surface area contributed by atoms with E-state index in [2.05, 4.69) is 5.32 Å². The highest BCUT2D eigenvalue weighted by Crippen LogP contribution is 2.36. The first kappa shape index (κ1) is 15.1. The number of nitrogens with one attached hydrogen (secondary N) is 1. The standard InChI is InChI=1S/C14H24N2O4/c1-11-9-16(7-8-20-11)13(19)15-10-14(12(17)18)5-3-2-4-6-14/h11H,2-10H2,1H3,(H,15,19)(H,17,18). The van der Waals surface area contributed by atoms with Crippen molar-refractivity contribution in [3.05, 3.63) is 0 Å². The van der Waals surface area contributed by atoms with Crippen molar-refractivity contribution < 1.29 is 19.4 Å². The first-order valence-corrected chi connectivity index (χ1v) is 7.41. The number of nitrogens with zero attached hydrogens (tertiary/aromatic N) is 1. The Morgan fingerprint density at radius 1 is 1.35 bits per heavy atom. The molecule has 2 rings (SSSR count). The lowest BCUT2D eigenvalue weighted by atomic mass is 9.74. The molecule has 0 spiro atoms. The van der Waals surface area contributed by atoms with E-state index in [1.54, 1.807) is 4.90 Å². The van der Waals surface area contributed by atoms with Crippen LogP contribution in [-0.4, -0.2) is 54.4 Å². The molecule has 2 N–H and O–H groups in total. The van der Waals surface area contributed by atoms with Gasteiger partial charge in [0.2, 0.25) is 0 Å². The van der Waals surface area contributed by atoms with Gasteiger partial charge in [-0.2, -0.15) is 0 Å². The molecule has 0 bridgehead atoms. The molecule has 1 saturated carbocycles. The SMILES string of the molecule is CC1CN(C(=O)NCC2(C(=O)O)CCCCC2)CCO1. The van der Waals surface area contributed by atoms with Crippen LogP contribution in [0.5, 0.6) is 0 Å². The van der Waals surface area contributed by atoms with Crippen molar-refractivity contribution in [1.29, 1.82) is 0 Å². The number of carboxylic acid groups (broad SMARTS) is 1. The lowest BCUT2D eigenvalue weighted by molar-refractivity contribution is -0.150. The Morgan fingerprint density at radius 3 is 2.65 bits per heavy atom. The van der Waals surface area contributed by atoms with Crippen LogP contribution in [-0.2, 0) is 9.53 Å². The molecule has 1 saturated heterocycles. The maximum atomic E-state index is 12.1. The summed E-state index contributed by atoms with van der Waals surface area (Å²) in [5.41, 5.74) is -0.772. The molecule has 1 aliphatic carbocycles. The third-order valence-corrected chi connectivity index (χ3v) is 4.37. The average molecular weight is 284 g/mol. The number of amides is 2. The maximum absolute atomic E-state index is 12.1. The topological polar surface area (TPSA) is 78.9 Å². The van der Waals surface area contributed by atoms with Gasteiger partial charge in [-0.15, -0.1) is 0 Å². The van der Waals surface area contributed by atoms with E-state index in [1.165, 1.54) is 0 Å². The monoisotopic (exact) mass is 284 g/mol. The summed E-state index contributed by atoms with van der Waals surface area (Å²) in [6.07, 6.45) is 4.29.